The molecule has 0 atom stereocenters. The number of ether oxygens (including phenoxy) is 1. The molecular formula is C19H26N2OS. The predicted molar refractivity (Wildman–Crippen MR) is 98.8 cm³/mol. The molecular weight excluding hydrogens is 304 g/mol. The normalized spacial score (nSPS) is 16.0. The summed E-state index contributed by atoms with van der Waals surface area (Å²) in [5.74, 6) is 0. The predicted octanol–water partition coefficient (Wildman–Crippen LogP) is 4.56. The Bertz CT molecular complexity index is 694. The average molecular weight is 330 g/mol. The van der Waals surface area contributed by atoms with Crippen LogP contribution in [0, 0.1) is 13.8 Å². The van der Waals surface area contributed by atoms with E-state index >= 15 is 0 Å². The van der Waals surface area contributed by atoms with E-state index in [1.165, 1.54) is 22.3 Å². The van der Waals surface area contributed by atoms with Crippen LogP contribution in [0.2, 0.25) is 0 Å². The summed E-state index contributed by atoms with van der Waals surface area (Å²) in [6.45, 7) is 14.7. The van der Waals surface area contributed by atoms with Crippen molar-refractivity contribution >= 4 is 16.5 Å². The van der Waals surface area contributed by atoms with Crippen LogP contribution in [-0.4, -0.2) is 31.3 Å². The first-order valence-electron chi connectivity index (χ1n) is 8.27. The van der Waals surface area contributed by atoms with Crippen molar-refractivity contribution < 1.29 is 4.74 Å². The Labute approximate surface area is 143 Å². The molecule has 0 N–H and O–H groups in total. The molecule has 1 aliphatic rings. The molecule has 0 spiro atoms. The topological polar surface area (TPSA) is 25.4 Å². The number of thiazole rings is 1. The Balaban J connectivity index is 2.02. The number of hydrogen-bond donors (Lipinski definition) is 0. The lowest BCUT2D eigenvalue weighted by atomic mass is 9.79. The quantitative estimate of drug-likeness (QED) is 0.807. The van der Waals surface area contributed by atoms with Gasteiger partial charge in [0.15, 0.2) is 5.13 Å². The van der Waals surface area contributed by atoms with Gasteiger partial charge in [0.05, 0.1) is 18.9 Å². The van der Waals surface area contributed by atoms with Crippen LogP contribution in [0.1, 0.15) is 37.5 Å². The third kappa shape index (κ3) is 3.29. The van der Waals surface area contributed by atoms with E-state index in [0.29, 0.717) is 0 Å². The largest absolute Gasteiger partial charge is 0.378 e. The fourth-order valence-corrected chi connectivity index (χ4v) is 4.16. The molecule has 0 amide bonds. The number of anilines is 1. The Morgan fingerprint density at radius 3 is 2.48 bits per heavy atom. The fraction of sp³-hybridized carbons (Fsp3) is 0.526. The zero-order valence-electron chi connectivity index (χ0n) is 14.8. The summed E-state index contributed by atoms with van der Waals surface area (Å²) in [6.07, 6.45) is 0. The van der Waals surface area contributed by atoms with Crippen molar-refractivity contribution in [1.29, 1.82) is 0 Å². The highest BCUT2D eigenvalue weighted by atomic mass is 32.1. The van der Waals surface area contributed by atoms with Crippen LogP contribution in [0.15, 0.2) is 17.5 Å². The minimum Gasteiger partial charge on any atom is -0.378 e. The van der Waals surface area contributed by atoms with E-state index in [4.69, 9.17) is 9.72 Å². The monoisotopic (exact) mass is 330 g/mol. The van der Waals surface area contributed by atoms with Crippen LogP contribution in [0.5, 0.6) is 0 Å². The van der Waals surface area contributed by atoms with Crippen LogP contribution < -0.4 is 4.90 Å². The molecule has 3 nitrogen and oxygen atoms in total. The molecule has 0 unspecified atom stereocenters. The van der Waals surface area contributed by atoms with Crippen LogP contribution in [0.4, 0.5) is 5.13 Å². The van der Waals surface area contributed by atoms with Crippen molar-refractivity contribution in [2.45, 2.75) is 40.0 Å². The molecule has 0 bridgehead atoms. The smallest absolute Gasteiger partial charge is 0.186 e. The summed E-state index contributed by atoms with van der Waals surface area (Å²) >= 11 is 1.74. The number of nitrogens with zero attached hydrogens (tertiary/aromatic N) is 2. The average Bonchev–Trinajstić information content (AvgIpc) is 2.99. The molecule has 124 valence electrons. The van der Waals surface area contributed by atoms with Gasteiger partial charge in [-0.15, -0.1) is 11.3 Å². The van der Waals surface area contributed by atoms with Gasteiger partial charge < -0.3 is 9.64 Å². The molecule has 1 fully saturated rings. The second-order valence-electron chi connectivity index (χ2n) is 7.29. The molecule has 3 rings (SSSR count). The maximum Gasteiger partial charge on any atom is 0.186 e. The van der Waals surface area contributed by atoms with Gasteiger partial charge >= 0.3 is 0 Å². The molecule has 0 aliphatic carbocycles. The zero-order valence-corrected chi connectivity index (χ0v) is 15.6. The van der Waals surface area contributed by atoms with Crippen LogP contribution in [-0.2, 0) is 10.2 Å². The SMILES string of the molecule is Cc1ccc(-c2csc(N3CCOCC3)n2)c(C(C)(C)C)c1C. The zero-order chi connectivity index (χ0) is 16.6. The summed E-state index contributed by atoms with van der Waals surface area (Å²) < 4.78 is 5.44. The Hall–Kier alpha value is -1.39. The lowest BCUT2D eigenvalue weighted by molar-refractivity contribution is 0.122. The van der Waals surface area contributed by atoms with Crippen LogP contribution >= 0.6 is 11.3 Å². The van der Waals surface area contributed by atoms with Crippen molar-refractivity contribution in [2.75, 3.05) is 31.2 Å². The molecule has 1 saturated heterocycles. The third-order valence-corrected chi connectivity index (χ3v) is 5.44. The van der Waals surface area contributed by atoms with Crippen molar-refractivity contribution in [2.24, 2.45) is 0 Å². The van der Waals surface area contributed by atoms with Crippen molar-refractivity contribution in [3.8, 4) is 11.3 Å². The van der Waals surface area contributed by atoms with Crippen LogP contribution in [0.3, 0.4) is 0 Å². The first kappa shape index (κ1) is 16.5. The van der Waals surface area contributed by atoms with E-state index in [-0.39, 0.29) is 5.41 Å². The summed E-state index contributed by atoms with van der Waals surface area (Å²) in [7, 11) is 0. The number of aryl methyl sites for hydroxylation is 1. The van der Waals surface area contributed by atoms with E-state index in [2.05, 4.69) is 57.0 Å². The minimum absolute atomic E-state index is 0.105. The van der Waals surface area contributed by atoms with E-state index in [1.807, 2.05) is 0 Å². The maximum atomic E-state index is 5.44. The van der Waals surface area contributed by atoms with Gasteiger partial charge in [-0.2, -0.15) is 0 Å². The van der Waals surface area contributed by atoms with Gasteiger partial charge in [-0.05, 0) is 36.0 Å². The van der Waals surface area contributed by atoms with Gasteiger partial charge in [-0.3, -0.25) is 0 Å². The van der Waals surface area contributed by atoms with Crippen molar-refractivity contribution in [3.05, 3.63) is 34.2 Å². The Morgan fingerprint density at radius 1 is 1.13 bits per heavy atom. The number of rotatable bonds is 2. The Morgan fingerprint density at radius 2 is 1.83 bits per heavy atom. The molecule has 1 aromatic carbocycles. The lowest BCUT2D eigenvalue weighted by Crippen LogP contribution is -2.36. The number of benzene rings is 1. The van der Waals surface area contributed by atoms with Crippen LogP contribution in [0.25, 0.3) is 11.3 Å². The number of hydrogen-bond acceptors (Lipinski definition) is 4. The lowest BCUT2D eigenvalue weighted by Gasteiger charge is -2.27. The third-order valence-electron chi connectivity index (χ3n) is 4.54. The first-order chi connectivity index (χ1) is 10.9. The summed E-state index contributed by atoms with van der Waals surface area (Å²) in [5, 5.41) is 3.31. The molecule has 0 radical (unpaired) electrons. The highest BCUT2D eigenvalue weighted by Gasteiger charge is 2.24. The number of aromatic nitrogens is 1. The fourth-order valence-electron chi connectivity index (χ4n) is 3.28. The Kier molecular flexibility index (Phi) is 4.47. The van der Waals surface area contributed by atoms with Gasteiger partial charge in [-0.1, -0.05) is 32.9 Å². The van der Waals surface area contributed by atoms with Gasteiger partial charge in [0, 0.05) is 24.0 Å². The second-order valence-corrected chi connectivity index (χ2v) is 8.13. The highest BCUT2D eigenvalue weighted by Crippen LogP contribution is 2.38. The van der Waals surface area contributed by atoms with E-state index in [0.717, 1.165) is 37.1 Å². The molecule has 23 heavy (non-hydrogen) atoms. The van der Waals surface area contributed by atoms with Gasteiger partial charge in [0.1, 0.15) is 0 Å². The molecule has 1 aromatic heterocycles. The summed E-state index contributed by atoms with van der Waals surface area (Å²) in [6, 6.07) is 4.45. The minimum atomic E-state index is 0.105. The molecule has 2 aromatic rings. The molecule has 0 saturated carbocycles. The van der Waals surface area contributed by atoms with Gasteiger partial charge in [-0.25, -0.2) is 4.98 Å². The highest BCUT2D eigenvalue weighted by molar-refractivity contribution is 7.14. The number of morpholine rings is 1. The molecule has 1 aliphatic heterocycles. The molecule has 4 heteroatoms. The summed E-state index contributed by atoms with van der Waals surface area (Å²) in [5.41, 5.74) is 6.63. The van der Waals surface area contributed by atoms with E-state index in [9.17, 15) is 0 Å². The molecule has 2 heterocycles. The maximum absolute atomic E-state index is 5.44. The van der Waals surface area contributed by atoms with Gasteiger partial charge in [0.2, 0.25) is 0 Å². The summed E-state index contributed by atoms with van der Waals surface area (Å²) in [4.78, 5) is 7.27. The van der Waals surface area contributed by atoms with Gasteiger partial charge in [0.25, 0.3) is 0 Å². The standard InChI is InChI=1S/C19H26N2OS/c1-13-6-7-15(17(14(13)2)19(3,4)5)16-12-23-18(20-16)21-8-10-22-11-9-21/h6-7,12H,8-11H2,1-5H3. The van der Waals surface area contributed by atoms with E-state index < -0.39 is 0 Å². The van der Waals surface area contributed by atoms with E-state index in [1.54, 1.807) is 11.3 Å². The first-order valence-corrected chi connectivity index (χ1v) is 9.15. The second kappa shape index (κ2) is 6.25. The van der Waals surface area contributed by atoms with Crippen molar-refractivity contribution in [3.63, 3.8) is 0 Å². The van der Waals surface area contributed by atoms with Crippen molar-refractivity contribution in [1.82, 2.24) is 4.98 Å².